The Labute approximate surface area is 137 Å². The molecule has 22 heavy (non-hydrogen) atoms. The van der Waals surface area contributed by atoms with Crippen LogP contribution < -0.4 is 0 Å². The monoisotopic (exact) mass is 333 g/mol. The molecule has 3 rings (SSSR count). The van der Waals surface area contributed by atoms with E-state index in [4.69, 9.17) is 11.6 Å². The largest absolute Gasteiger partial charge is 0.270 e. The molecular formula is C16H13ClFN3S. The van der Waals surface area contributed by atoms with Gasteiger partial charge in [-0.3, -0.25) is 4.57 Å². The number of hydrogen-bond donors (Lipinski definition) is 0. The Hall–Kier alpha value is -1.85. The van der Waals surface area contributed by atoms with Crippen molar-refractivity contribution in [2.75, 3.05) is 5.75 Å². The molecule has 0 unspecified atom stereocenters. The zero-order valence-corrected chi connectivity index (χ0v) is 13.4. The highest BCUT2D eigenvalue weighted by molar-refractivity contribution is 7.99. The summed E-state index contributed by atoms with van der Waals surface area (Å²) in [5.41, 5.74) is 1.73. The Balaban J connectivity index is 2.14. The van der Waals surface area contributed by atoms with Gasteiger partial charge in [-0.1, -0.05) is 30.3 Å². The van der Waals surface area contributed by atoms with Gasteiger partial charge in [-0.2, -0.15) is 0 Å². The highest BCUT2D eigenvalue weighted by atomic mass is 35.5. The van der Waals surface area contributed by atoms with Crippen LogP contribution in [0.1, 0.15) is 6.92 Å². The fraction of sp³-hybridized carbons (Fsp3) is 0.125. The van der Waals surface area contributed by atoms with Crippen LogP contribution in [0.5, 0.6) is 0 Å². The molecule has 0 saturated carbocycles. The first kappa shape index (κ1) is 15.1. The van der Waals surface area contributed by atoms with E-state index in [9.17, 15) is 4.39 Å². The van der Waals surface area contributed by atoms with Gasteiger partial charge in [0, 0.05) is 16.3 Å². The molecule has 0 aliphatic carbocycles. The van der Waals surface area contributed by atoms with Crippen LogP contribution in [0.3, 0.4) is 0 Å². The third-order valence-corrected chi connectivity index (χ3v) is 4.16. The lowest BCUT2D eigenvalue weighted by Crippen LogP contribution is -1.99. The maximum absolute atomic E-state index is 13.2. The summed E-state index contributed by atoms with van der Waals surface area (Å²) in [6.07, 6.45) is 0. The molecule has 0 aliphatic heterocycles. The molecule has 0 N–H and O–H groups in total. The summed E-state index contributed by atoms with van der Waals surface area (Å²) < 4.78 is 15.1. The van der Waals surface area contributed by atoms with Crippen molar-refractivity contribution >= 4 is 23.4 Å². The number of hydrogen-bond acceptors (Lipinski definition) is 3. The highest BCUT2D eigenvalue weighted by Crippen LogP contribution is 2.28. The standard InChI is InChI=1S/C16H13ClFN3S/c1-2-22-16-20-19-15(11-3-5-12(17)6-4-11)21(16)14-9-7-13(18)8-10-14/h3-10H,2H2,1H3. The Morgan fingerprint density at radius 2 is 1.73 bits per heavy atom. The maximum Gasteiger partial charge on any atom is 0.196 e. The third kappa shape index (κ3) is 3.00. The number of nitrogens with zero attached hydrogens (tertiary/aromatic N) is 3. The molecule has 112 valence electrons. The molecule has 6 heteroatoms. The Bertz CT molecular complexity index is 769. The van der Waals surface area contributed by atoms with E-state index in [0.29, 0.717) is 10.8 Å². The first-order valence-electron chi connectivity index (χ1n) is 6.79. The van der Waals surface area contributed by atoms with E-state index >= 15 is 0 Å². The van der Waals surface area contributed by atoms with Gasteiger partial charge in [0.2, 0.25) is 0 Å². The summed E-state index contributed by atoms with van der Waals surface area (Å²) in [4.78, 5) is 0. The molecule has 0 saturated heterocycles. The van der Waals surface area contributed by atoms with Crippen molar-refractivity contribution in [3.05, 3.63) is 59.4 Å². The summed E-state index contributed by atoms with van der Waals surface area (Å²) in [5.74, 6) is 1.31. The second-order valence-corrected chi connectivity index (χ2v) is 6.23. The molecule has 3 nitrogen and oxygen atoms in total. The minimum absolute atomic E-state index is 0.269. The summed E-state index contributed by atoms with van der Waals surface area (Å²) in [5, 5.41) is 9.98. The van der Waals surface area contributed by atoms with E-state index in [1.807, 2.05) is 28.8 Å². The molecule has 1 aromatic heterocycles. The van der Waals surface area contributed by atoms with Crippen LogP contribution in [0, 0.1) is 5.82 Å². The number of aromatic nitrogens is 3. The zero-order chi connectivity index (χ0) is 15.5. The van der Waals surface area contributed by atoms with E-state index in [-0.39, 0.29) is 5.82 Å². The molecule has 0 radical (unpaired) electrons. The SMILES string of the molecule is CCSc1nnc(-c2ccc(Cl)cc2)n1-c1ccc(F)cc1. The number of benzene rings is 2. The smallest absolute Gasteiger partial charge is 0.196 e. The van der Waals surface area contributed by atoms with Crippen LogP contribution in [0.15, 0.2) is 53.7 Å². The lowest BCUT2D eigenvalue weighted by Gasteiger charge is -2.10. The molecule has 0 spiro atoms. The first-order valence-corrected chi connectivity index (χ1v) is 8.15. The van der Waals surface area contributed by atoms with Gasteiger partial charge in [0.1, 0.15) is 5.82 Å². The molecule has 0 aliphatic rings. The van der Waals surface area contributed by atoms with E-state index in [1.54, 1.807) is 23.9 Å². The predicted octanol–water partition coefficient (Wildman–Crippen LogP) is 4.84. The number of halogens is 2. The van der Waals surface area contributed by atoms with Gasteiger partial charge in [0.15, 0.2) is 11.0 Å². The van der Waals surface area contributed by atoms with Gasteiger partial charge in [-0.15, -0.1) is 10.2 Å². The normalized spacial score (nSPS) is 10.9. The third-order valence-electron chi connectivity index (χ3n) is 3.09. The average Bonchev–Trinajstić information content (AvgIpc) is 2.93. The predicted molar refractivity (Wildman–Crippen MR) is 88.2 cm³/mol. The van der Waals surface area contributed by atoms with Crippen molar-refractivity contribution in [2.45, 2.75) is 12.1 Å². The summed E-state index contributed by atoms with van der Waals surface area (Å²) in [6.45, 7) is 2.05. The molecule has 2 aromatic carbocycles. The molecular weight excluding hydrogens is 321 g/mol. The van der Waals surface area contributed by atoms with Crippen molar-refractivity contribution in [3.8, 4) is 17.1 Å². The Morgan fingerprint density at radius 3 is 2.36 bits per heavy atom. The quantitative estimate of drug-likeness (QED) is 0.640. The second kappa shape index (κ2) is 6.50. The van der Waals surface area contributed by atoms with Crippen molar-refractivity contribution < 1.29 is 4.39 Å². The van der Waals surface area contributed by atoms with Crippen LogP contribution in [0.25, 0.3) is 17.1 Å². The fourth-order valence-corrected chi connectivity index (χ4v) is 2.91. The van der Waals surface area contributed by atoms with Crippen LogP contribution in [0.4, 0.5) is 4.39 Å². The average molecular weight is 334 g/mol. The van der Waals surface area contributed by atoms with Crippen LogP contribution in [-0.4, -0.2) is 20.5 Å². The lowest BCUT2D eigenvalue weighted by molar-refractivity contribution is 0.627. The van der Waals surface area contributed by atoms with Crippen molar-refractivity contribution in [2.24, 2.45) is 0 Å². The number of thioether (sulfide) groups is 1. The van der Waals surface area contributed by atoms with Crippen molar-refractivity contribution in [1.82, 2.24) is 14.8 Å². The summed E-state index contributed by atoms with van der Waals surface area (Å²) >= 11 is 7.53. The molecule has 0 atom stereocenters. The Morgan fingerprint density at radius 1 is 1.05 bits per heavy atom. The first-order chi connectivity index (χ1) is 10.7. The molecule has 0 amide bonds. The van der Waals surface area contributed by atoms with Gasteiger partial charge < -0.3 is 0 Å². The van der Waals surface area contributed by atoms with Crippen LogP contribution in [-0.2, 0) is 0 Å². The van der Waals surface area contributed by atoms with E-state index in [0.717, 1.165) is 22.2 Å². The molecule has 0 bridgehead atoms. The zero-order valence-electron chi connectivity index (χ0n) is 11.8. The van der Waals surface area contributed by atoms with E-state index < -0.39 is 0 Å². The van der Waals surface area contributed by atoms with Crippen molar-refractivity contribution in [3.63, 3.8) is 0 Å². The van der Waals surface area contributed by atoms with Crippen LogP contribution in [0.2, 0.25) is 5.02 Å². The minimum atomic E-state index is -0.269. The van der Waals surface area contributed by atoms with Crippen LogP contribution >= 0.6 is 23.4 Å². The highest BCUT2D eigenvalue weighted by Gasteiger charge is 2.15. The van der Waals surface area contributed by atoms with Gasteiger partial charge in [-0.25, -0.2) is 4.39 Å². The fourth-order valence-electron chi connectivity index (χ4n) is 2.10. The second-order valence-electron chi connectivity index (χ2n) is 4.56. The minimum Gasteiger partial charge on any atom is -0.270 e. The van der Waals surface area contributed by atoms with Gasteiger partial charge in [0.05, 0.1) is 0 Å². The van der Waals surface area contributed by atoms with E-state index in [1.165, 1.54) is 12.1 Å². The van der Waals surface area contributed by atoms with Crippen molar-refractivity contribution in [1.29, 1.82) is 0 Å². The molecule has 0 fully saturated rings. The van der Waals surface area contributed by atoms with Gasteiger partial charge in [0.25, 0.3) is 0 Å². The van der Waals surface area contributed by atoms with Gasteiger partial charge in [-0.05, 0) is 54.3 Å². The summed E-state index contributed by atoms with van der Waals surface area (Å²) in [6, 6.07) is 13.7. The maximum atomic E-state index is 13.2. The van der Waals surface area contributed by atoms with E-state index in [2.05, 4.69) is 17.1 Å². The summed E-state index contributed by atoms with van der Waals surface area (Å²) in [7, 11) is 0. The number of rotatable bonds is 4. The van der Waals surface area contributed by atoms with Gasteiger partial charge >= 0.3 is 0 Å². The molecule has 1 heterocycles. The molecule has 3 aromatic rings. The lowest BCUT2D eigenvalue weighted by atomic mass is 10.2. The topological polar surface area (TPSA) is 30.7 Å². The Kier molecular flexibility index (Phi) is 4.45.